The van der Waals surface area contributed by atoms with E-state index in [0.717, 1.165) is 31.9 Å². The van der Waals surface area contributed by atoms with Crippen LogP contribution in [-0.4, -0.2) is 25.9 Å². The summed E-state index contributed by atoms with van der Waals surface area (Å²) in [7, 11) is 0. The zero-order valence-electron chi connectivity index (χ0n) is 14.2. The second kappa shape index (κ2) is 9.80. The zero-order chi connectivity index (χ0) is 15.7. The lowest BCUT2D eigenvalue weighted by Crippen LogP contribution is -2.21. The normalized spacial score (nSPS) is 12.9. The van der Waals surface area contributed by atoms with Crippen LogP contribution < -0.4 is 10.1 Å². The first-order valence-corrected chi connectivity index (χ1v) is 8.06. The Bertz CT molecular complexity index is 373. The van der Waals surface area contributed by atoms with Crippen LogP contribution in [0.3, 0.4) is 0 Å². The molecule has 0 heterocycles. The van der Waals surface area contributed by atoms with Gasteiger partial charge in [0.1, 0.15) is 5.75 Å². The summed E-state index contributed by atoms with van der Waals surface area (Å²) in [6, 6.07) is 8.73. The number of benzene rings is 1. The molecule has 0 aromatic heterocycles. The lowest BCUT2D eigenvalue weighted by Gasteiger charge is -2.16. The maximum Gasteiger partial charge on any atom is 0.119 e. The van der Waals surface area contributed by atoms with E-state index < -0.39 is 0 Å². The molecule has 0 aliphatic carbocycles. The minimum absolute atomic E-state index is 0.320. The third kappa shape index (κ3) is 8.08. The van der Waals surface area contributed by atoms with Crippen molar-refractivity contribution >= 4 is 0 Å². The Kier molecular flexibility index (Phi) is 8.40. The number of rotatable bonds is 10. The van der Waals surface area contributed by atoms with Crippen molar-refractivity contribution in [3.8, 4) is 5.75 Å². The molecule has 120 valence electrons. The fraction of sp³-hybridized carbons (Fsp3) is 0.667. The van der Waals surface area contributed by atoms with Crippen molar-refractivity contribution in [2.24, 2.45) is 5.92 Å². The summed E-state index contributed by atoms with van der Waals surface area (Å²) in [6.45, 7) is 13.2. The van der Waals surface area contributed by atoms with Crippen molar-refractivity contribution in [3.05, 3.63) is 29.8 Å². The fourth-order valence-electron chi connectivity index (χ4n) is 1.94. The van der Waals surface area contributed by atoms with E-state index >= 15 is 0 Å². The smallest absolute Gasteiger partial charge is 0.119 e. The molecule has 0 amide bonds. The summed E-state index contributed by atoms with van der Waals surface area (Å²) in [5.41, 5.74) is 1.29. The van der Waals surface area contributed by atoms with E-state index in [2.05, 4.69) is 64.2 Å². The first-order valence-electron chi connectivity index (χ1n) is 8.06. The van der Waals surface area contributed by atoms with E-state index in [1.54, 1.807) is 0 Å². The maximum absolute atomic E-state index is 5.70. The minimum atomic E-state index is 0.320. The lowest BCUT2D eigenvalue weighted by molar-refractivity contribution is 0.0768. The Morgan fingerprint density at radius 3 is 2.24 bits per heavy atom. The van der Waals surface area contributed by atoms with Gasteiger partial charge in [-0.3, -0.25) is 0 Å². The van der Waals surface area contributed by atoms with Gasteiger partial charge in [-0.1, -0.05) is 26.0 Å². The summed E-state index contributed by atoms with van der Waals surface area (Å²) in [6.07, 6.45) is 1.36. The molecule has 1 atom stereocenters. The molecule has 0 radical (unpaired) electrons. The van der Waals surface area contributed by atoms with E-state index in [1.807, 2.05) is 0 Å². The number of nitrogens with one attached hydrogen (secondary N) is 1. The van der Waals surface area contributed by atoms with Crippen LogP contribution >= 0.6 is 0 Å². The lowest BCUT2D eigenvalue weighted by atomic mass is 10.1. The van der Waals surface area contributed by atoms with Gasteiger partial charge in [-0.2, -0.15) is 0 Å². The standard InChI is InChI=1S/C18H31NO2/c1-14(2)13-21-18-9-7-17(8-10-18)16(5)19-11-6-12-20-15(3)4/h7-10,14-16,19H,6,11-13H2,1-5H3. The highest BCUT2D eigenvalue weighted by Gasteiger charge is 2.05. The second-order valence-corrected chi connectivity index (χ2v) is 6.22. The van der Waals surface area contributed by atoms with Crippen molar-refractivity contribution < 1.29 is 9.47 Å². The maximum atomic E-state index is 5.70. The third-order valence-electron chi connectivity index (χ3n) is 3.19. The Morgan fingerprint density at radius 1 is 1.00 bits per heavy atom. The van der Waals surface area contributed by atoms with Crippen LogP contribution in [0.4, 0.5) is 0 Å². The van der Waals surface area contributed by atoms with Gasteiger partial charge in [0.05, 0.1) is 12.7 Å². The van der Waals surface area contributed by atoms with Gasteiger partial charge in [0.15, 0.2) is 0 Å². The van der Waals surface area contributed by atoms with Crippen molar-refractivity contribution in [2.45, 2.75) is 53.2 Å². The van der Waals surface area contributed by atoms with Gasteiger partial charge in [-0.15, -0.1) is 0 Å². The van der Waals surface area contributed by atoms with Gasteiger partial charge in [0.2, 0.25) is 0 Å². The van der Waals surface area contributed by atoms with E-state index in [0.29, 0.717) is 18.1 Å². The third-order valence-corrected chi connectivity index (χ3v) is 3.19. The Morgan fingerprint density at radius 2 is 1.67 bits per heavy atom. The van der Waals surface area contributed by atoms with Gasteiger partial charge >= 0.3 is 0 Å². The molecule has 0 saturated carbocycles. The Labute approximate surface area is 130 Å². The SMILES string of the molecule is CC(C)COc1ccc(C(C)NCCCOC(C)C)cc1. The summed E-state index contributed by atoms with van der Waals surface area (Å²) in [5.74, 6) is 1.50. The monoisotopic (exact) mass is 293 g/mol. The predicted molar refractivity (Wildman–Crippen MR) is 88.9 cm³/mol. The van der Waals surface area contributed by atoms with Crippen molar-refractivity contribution in [1.82, 2.24) is 5.32 Å². The quantitative estimate of drug-likeness (QED) is 0.656. The largest absolute Gasteiger partial charge is 0.493 e. The van der Waals surface area contributed by atoms with Gasteiger partial charge < -0.3 is 14.8 Å². The molecule has 0 aliphatic rings. The highest BCUT2D eigenvalue weighted by molar-refractivity contribution is 5.28. The molecule has 3 nitrogen and oxygen atoms in total. The molecule has 1 aromatic carbocycles. The molecule has 21 heavy (non-hydrogen) atoms. The van der Waals surface area contributed by atoms with Crippen LogP contribution in [0, 0.1) is 5.92 Å². The van der Waals surface area contributed by atoms with Crippen LogP contribution in [0.5, 0.6) is 5.75 Å². The van der Waals surface area contributed by atoms with Crippen LogP contribution in [0.15, 0.2) is 24.3 Å². The van der Waals surface area contributed by atoms with E-state index in [4.69, 9.17) is 9.47 Å². The van der Waals surface area contributed by atoms with Crippen molar-refractivity contribution in [1.29, 1.82) is 0 Å². The topological polar surface area (TPSA) is 30.5 Å². The highest BCUT2D eigenvalue weighted by atomic mass is 16.5. The molecule has 3 heteroatoms. The van der Waals surface area contributed by atoms with Crippen LogP contribution in [0.25, 0.3) is 0 Å². The molecule has 0 spiro atoms. The fourth-order valence-corrected chi connectivity index (χ4v) is 1.94. The number of ether oxygens (including phenoxy) is 2. The summed E-state index contributed by atoms with van der Waals surface area (Å²) in [5, 5.41) is 3.52. The van der Waals surface area contributed by atoms with Crippen LogP contribution in [0.2, 0.25) is 0 Å². The molecule has 1 rings (SSSR count). The molecular weight excluding hydrogens is 262 g/mol. The molecule has 0 saturated heterocycles. The summed E-state index contributed by atoms with van der Waals surface area (Å²) >= 11 is 0. The first kappa shape index (κ1) is 18.0. The highest BCUT2D eigenvalue weighted by Crippen LogP contribution is 2.18. The first-order chi connectivity index (χ1) is 9.99. The van der Waals surface area contributed by atoms with Crippen LogP contribution in [0.1, 0.15) is 52.6 Å². The molecule has 1 aromatic rings. The molecule has 1 unspecified atom stereocenters. The van der Waals surface area contributed by atoms with E-state index in [1.165, 1.54) is 5.56 Å². The van der Waals surface area contributed by atoms with Gasteiger partial charge in [0, 0.05) is 12.6 Å². The van der Waals surface area contributed by atoms with Crippen molar-refractivity contribution in [3.63, 3.8) is 0 Å². The molecule has 0 bridgehead atoms. The van der Waals surface area contributed by atoms with E-state index in [-0.39, 0.29) is 0 Å². The molecule has 0 fully saturated rings. The Hall–Kier alpha value is -1.06. The van der Waals surface area contributed by atoms with Gasteiger partial charge in [-0.05, 0) is 57.4 Å². The average molecular weight is 293 g/mol. The molecular formula is C18H31NO2. The van der Waals surface area contributed by atoms with E-state index in [9.17, 15) is 0 Å². The van der Waals surface area contributed by atoms with Crippen molar-refractivity contribution in [2.75, 3.05) is 19.8 Å². The van der Waals surface area contributed by atoms with Crippen LogP contribution in [-0.2, 0) is 4.74 Å². The second-order valence-electron chi connectivity index (χ2n) is 6.22. The zero-order valence-corrected chi connectivity index (χ0v) is 14.2. The number of hydrogen-bond donors (Lipinski definition) is 1. The average Bonchev–Trinajstić information content (AvgIpc) is 2.44. The molecule has 0 aliphatic heterocycles. The summed E-state index contributed by atoms with van der Waals surface area (Å²) < 4.78 is 11.2. The minimum Gasteiger partial charge on any atom is -0.493 e. The number of hydrogen-bond acceptors (Lipinski definition) is 3. The summed E-state index contributed by atoms with van der Waals surface area (Å²) in [4.78, 5) is 0. The predicted octanol–water partition coefficient (Wildman–Crippen LogP) is 4.19. The molecule has 1 N–H and O–H groups in total. The van der Waals surface area contributed by atoms with Gasteiger partial charge in [-0.25, -0.2) is 0 Å². The van der Waals surface area contributed by atoms with Gasteiger partial charge in [0.25, 0.3) is 0 Å². The Balaban J connectivity index is 2.29.